The molecule has 0 amide bonds. The Hall–Kier alpha value is 4.63. The van der Waals surface area contributed by atoms with Crippen LogP contribution in [0.5, 0.6) is 0 Å². The van der Waals surface area contributed by atoms with Crippen LogP contribution in [0.3, 0.4) is 0 Å². The Morgan fingerprint density at radius 2 is 0.714 bits per heavy atom. The van der Waals surface area contributed by atoms with Crippen LogP contribution < -0.4 is 0 Å². The maximum Gasteiger partial charge on any atom is 0.0307 e. The van der Waals surface area contributed by atoms with Gasteiger partial charge in [0.15, 0.2) is 0 Å². The molecule has 0 saturated heterocycles. The third-order valence-electron chi connectivity index (χ3n) is 0. The molecule has 6 radical (unpaired) electrons. The van der Waals surface area contributed by atoms with Crippen molar-refractivity contribution in [3.8, 4) is 0 Å². The first-order chi connectivity index (χ1) is 1.41. The SMILES string of the molecule is C[Si]C.[Y].[Y].[Y].[Y]. The molecule has 0 saturated carbocycles. The molecular formula is C2H6SiY4. The molecule has 0 aliphatic rings. The first-order valence-corrected chi connectivity index (χ1v) is 3.00. The molecule has 0 unspecified atom stereocenters. The van der Waals surface area contributed by atoms with E-state index in [-0.39, 0.29) is 131 Å². The zero-order valence-corrected chi connectivity index (χ0v) is 17.2. The third kappa shape index (κ3) is 36.9. The second-order valence-corrected chi connectivity index (χ2v) is 1.50. The van der Waals surface area contributed by atoms with Crippen LogP contribution in [0.4, 0.5) is 0 Å². The van der Waals surface area contributed by atoms with Gasteiger partial charge in [0, 0.05) is 140 Å². The van der Waals surface area contributed by atoms with Crippen LogP contribution in [0, 0.1) is 0 Å². The van der Waals surface area contributed by atoms with Gasteiger partial charge in [0.2, 0.25) is 0 Å². The van der Waals surface area contributed by atoms with Crippen LogP contribution in [0.15, 0.2) is 0 Å². The van der Waals surface area contributed by atoms with E-state index in [1.165, 1.54) is 0 Å². The minimum atomic E-state index is 0. The predicted octanol–water partition coefficient (Wildman–Crippen LogP) is 0.777. The predicted molar refractivity (Wildman–Crippen MR) is 17.5 cm³/mol. The molecule has 0 aromatic heterocycles. The fraction of sp³-hybridized carbons (Fsp3) is 1.00. The van der Waals surface area contributed by atoms with Gasteiger partial charge in [-0.15, -0.1) is 0 Å². The molecule has 0 N–H and O–H groups in total. The molecule has 0 aliphatic carbocycles. The van der Waals surface area contributed by atoms with Crippen LogP contribution >= 0.6 is 0 Å². The zero-order chi connectivity index (χ0) is 2.71. The summed E-state index contributed by atoms with van der Waals surface area (Å²) in [5.41, 5.74) is 0. The topological polar surface area (TPSA) is 0 Å². The van der Waals surface area contributed by atoms with Gasteiger partial charge in [-0.05, 0) is 0 Å². The van der Waals surface area contributed by atoms with Gasteiger partial charge in [-0.2, -0.15) is 0 Å². The average molecular weight is 414 g/mol. The summed E-state index contributed by atoms with van der Waals surface area (Å²) in [6.45, 7) is 4.31. The summed E-state index contributed by atoms with van der Waals surface area (Å²) in [7, 11) is 1.08. The molecule has 7 heavy (non-hydrogen) atoms. The molecule has 0 spiro atoms. The quantitative estimate of drug-likeness (QED) is 0.515. The number of hydrogen-bond acceptors (Lipinski definition) is 0. The van der Waals surface area contributed by atoms with Crippen molar-refractivity contribution in [1.29, 1.82) is 0 Å². The van der Waals surface area contributed by atoms with E-state index in [4.69, 9.17) is 0 Å². The molecule has 0 aromatic rings. The summed E-state index contributed by atoms with van der Waals surface area (Å²) < 4.78 is 0. The van der Waals surface area contributed by atoms with Crippen LogP contribution in [-0.4, -0.2) is 9.52 Å². The minimum absolute atomic E-state index is 0. The van der Waals surface area contributed by atoms with Crippen molar-refractivity contribution < 1.29 is 131 Å². The molecule has 5 heteroatoms. The summed E-state index contributed by atoms with van der Waals surface area (Å²) in [6, 6.07) is 0. The van der Waals surface area contributed by atoms with Gasteiger partial charge in [-0.3, -0.25) is 0 Å². The molecular weight excluding hydrogens is 408 g/mol. The Balaban J connectivity index is -0.00000000333. The van der Waals surface area contributed by atoms with Gasteiger partial charge in [0.05, 0.1) is 0 Å². The van der Waals surface area contributed by atoms with E-state index < -0.39 is 0 Å². The van der Waals surface area contributed by atoms with Crippen molar-refractivity contribution in [2.45, 2.75) is 13.1 Å². The van der Waals surface area contributed by atoms with Crippen LogP contribution in [-0.2, 0) is 131 Å². The van der Waals surface area contributed by atoms with E-state index in [0.717, 1.165) is 9.52 Å². The van der Waals surface area contributed by atoms with Gasteiger partial charge in [-0.1, -0.05) is 13.1 Å². The molecule has 0 heterocycles. The van der Waals surface area contributed by atoms with Gasteiger partial charge in [0.1, 0.15) is 0 Å². The smallest absolute Gasteiger partial charge is 0.0307 e. The molecule has 0 bridgehead atoms. The van der Waals surface area contributed by atoms with Crippen molar-refractivity contribution in [3.63, 3.8) is 0 Å². The molecule has 0 aliphatic heterocycles. The van der Waals surface area contributed by atoms with E-state index in [2.05, 4.69) is 13.1 Å². The standard InChI is InChI=1S/C2H6Si.4Y/c1-3-2;;;;/h1-2H3;;;;. The Kier molecular flexibility index (Phi) is 133. The molecule has 30 valence electrons. The number of hydrogen-bond donors (Lipinski definition) is 0. The van der Waals surface area contributed by atoms with Gasteiger partial charge in [-0.25, -0.2) is 0 Å². The summed E-state index contributed by atoms with van der Waals surface area (Å²) in [5, 5.41) is 0. The minimum Gasteiger partial charge on any atom is -0.0735 e. The van der Waals surface area contributed by atoms with Crippen molar-refractivity contribution in [2.75, 3.05) is 0 Å². The van der Waals surface area contributed by atoms with E-state index in [0.29, 0.717) is 0 Å². The van der Waals surface area contributed by atoms with Gasteiger partial charge < -0.3 is 0 Å². The Labute approximate surface area is 149 Å². The summed E-state index contributed by atoms with van der Waals surface area (Å²) in [6.07, 6.45) is 0. The maximum absolute atomic E-state index is 2.15. The van der Waals surface area contributed by atoms with Crippen LogP contribution in [0.25, 0.3) is 0 Å². The van der Waals surface area contributed by atoms with Gasteiger partial charge >= 0.3 is 0 Å². The van der Waals surface area contributed by atoms with Crippen molar-refractivity contribution in [1.82, 2.24) is 0 Å². The largest absolute Gasteiger partial charge is 0.0735 e. The maximum atomic E-state index is 2.15. The van der Waals surface area contributed by atoms with Crippen molar-refractivity contribution in [2.24, 2.45) is 0 Å². The Morgan fingerprint density at radius 1 is 0.714 bits per heavy atom. The summed E-state index contributed by atoms with van der Waals surface area (Å²) in [4.78, 5) is 0. The summed E-state index contributed by atoms with van der Waals surface area (Å²) >= 11 is 0. The second-order valence-electron chi connectivity index (χ2n) is 0.500. The number of rotatable bonds is 0. The average Bonchev–Trinajstić information content (AvgIpc) is 0.918. The van der Waals surface area contributed by atoms with E-state index in [1.807, 2.05) is 0 Å². The monoisotopic (exact) mass is 414 g/mol. The molecule has 0 rings (SSSR count). The van der Waals surface area contributed by atoms with Crippen molar-refractivity contribution >= 4 is 9.52 Å². The van der Waals surface area contributed by atoms with E-state index in [1.54, 1.807) is 0 Å². The fourth-order valence-corrected chi connectivity index (χ4v) is 0. The zero-order valence-electron chi connectivity index (χ0n) is 4.81. The molecule has 0 fully saturated rings. The molecule has 0 aromatic carbocycles. The fourth-order valence-electron chi connectivity index (χ4n) is 0. The first-order valence-electron chi connectivity index (χ1n) is 1.00. The Bertz CT molecular complexity index is 9.65. The van der Waals surface area contributed by atoms with Gasteiger partial charge in [0.25, 0.3) is 0 Å². The second kappa shape index (κ2) is 31.1. The molecule has 0 atom stereocenters. The van der Waals surface area contributed by atoms with E-state index >= 15 is 0 Å². The van der Waals surface area contributed by atoms with E-state index in [9.17, 15) is 0 Å². The Morgan fingerprint density at radius 3 is 0.714 bits per heavy atom. The third-order valence-corrected chi connectivity index (χ3v) is 0. The normalized spacial score (nSPS) is 2.57. The first kappa shape index (κ1) is 29.9. The summed E-state index contributed by atoms with van der Waals surface area (Å²) in [5.74, 6) is 0. The van der Waals surface area contributed by atoms with Crippen molar-refractivity contribution in [3.05, 3.63) is 0 Å². The van der Waals surface area contributed by atoms with Crippen LogP contribution in [0.2, 0.25) is 13.1 Å². The molecule has 0 nitrogen and oxygen atoms in total. The van der Waals surface area contributed by atoms with Crippen LogP contribution in [0.1, 0.15) is 0 Å².